The Morgan fingerprint density at radius 1 is 1.06 bits per heavy atom. The normalized spacial score (nSPS) is 10.9. The van der Waals surface area contributed by atoms with Crippen LogP contribution in [0, 0.1) is 0 Å². The minimum atomic E-state index is 0.572. The molecule has 2 aromatic rings. The SMILES string of the molecule is C=c1cc(-c2ccc(C(C)C)cc2)c(=C)[nH]1. The molecule has 0 saturated carbocycles. The summed E-state index contributed by atoms with van der Waals surface area (Å²) in [6.45, 7) is 12.3. The van der Waals surface area contributed by atoms with Crippen LogP contribution in [-0.2, 0) is 0 Å². The van der Waals surface area contributed by atoms with Gasteiger partial charge in [-0.05, 0) is 23.1 Å². The van der Waals surface area contributed by atoms with E-state index in [1.165, 1.54) is 11.1 Å². The Morgan fingerprint density at radius 2 is 1.69 bits per heavy atom. The molecule has 0 fully saturated rings. The van der Waals surface area contributed by atoms with Crippen molar-refractivity contribution in [2.24, 2.45) is 0 Å². The lowest BCUT2D eigenvalue weighted by Crippen LogP contribution is -2.06. The van der Waals surface area contributed by atoms with E-state index in [4.69, 9.17) is 0 Å². The Balaban J connectivity index is 2.46. The first kappa shape index (κ1) is 10.7. The fraction of sp³-hybridized carbons (Fsp3) is 0.200. The number of hydrogen-bond acceptors (Lipinski definition) is 0. The van der Waals surface area contributed by atoms with Crippen molar-refractivity contribution in [3.63, 3.8) is 0 Å². The van der Waals surface area contributed by atoms with Gasteiger partial charge in [0.15, 0.2) is 0 Å². The summed E-state index contributed by atoms with van der Waals surface area (Å²) in [6.07, 6.45) is 0. The van der Waals surface area contributed by atoms with Gasteiger partial charge in [-0.1, -0.05) is 51.3 Å². The lowest BCUT2D eigenvalue weighted by molar-refractivity contribution is 0.867. The van der Waals surface area contributed by atoms with Crippen LogP contribution >= 0.6 is 0 Å². The van der Waals surface area contributed by atoms with E-state index in [1.54, 1.807) is 0 Å². The van der Waals surface area contributed by atoms with Crippen molar-refractivity contribution in [2.45, 2.75) is 19.8 Å². The number of hydrogen-bond donors (Lipinski definition) is 1. The molecule has 1 aromatic carbocycles. The Bertz CT molecular complexity index is 573. The van der Waals surface area contributed by atoms with Crippen LogP contribution in [-0.4, -0.2) is 4.98 Å². The van der Waals surface area contributed by atoms with Crippen LogP contribution in [0.2, 0.25) is 0 Å². The van der Waals surface area contributed by atoms with Crippen LogP contribution in [0.3, 0.4) is 0 Å². The second-order valence-electron chi connectivity index (χ2n) is 4.46. The number of aromatic nitrogens is 1. The van der Waals surface area contributed by atoms with Gasteiger partial charge < -0.3 is 4.98 Å². The van der Waals surface area contributed by atoms with Crippen molar-refractivity contribution in [2.75, 3.05) is 0 Å². The van der Waals surface area contributed by atoms with Crippen LogP contribution in [0.1, 0.15) is 25.3 Å². The Kier molecular flexibility index (Phi) is 2.69. The van der Waals surface area contributed by atoms with Crippen molar-refractivity contribution in [1.29, 1.82) is 0 Å². The highest BCUT2D eigenvalue weighted by Crippen LogP contribution is 2.19. The molecule has 0 bridgehead atoms. The Hall–Kier alpha value is -1.76. The molecule has 0 atom stereocenters. The summed E-state index contributed by atoms with van der Waals surface area (Å²) in [5.74, 6) is 0.572. The van der Waals surface area contributed by atoms with E-state index in [-0.39, 0.29) is 0 Å². The van der Waals surface area contributed by atoms with Gasteiger partial charge in [-0.3, -0.25) is 0 Å². The maximum atomic E-state index is 3.98. The number of benzene rings is 1. The average Bonchev–Trinajstić information content (AvgIpc) is 2.58. The summed E-state index contributed by atoms with van der Waals surface area (Å²) in [4.78, 5) is 3.12. The van der Waals surface area contributed by atoms with Gasteiger partial charge in [0.05, 0.1) is 0 Å². The van der Waals surface area contributed by atoms with E-state index in [9.17, 15) is 0 Å². The summed E-state index contributed by atoms with van der Waals surface area (Å²) in [6, 6.07) is 10.7. The molecule has 82 valence electrons. The van der Waals surface area contributed by atoms with E-state index in [1.807, 2.05) is 6.07 Å². The van der Waals surface area contributed by atoms with E-state index in [0.29, 0.717) is 5.92 Å². The molecule has 0 radical (unpaired) electrons. The Labute approximate surface area is 96.1 Å². The van der Waals surface area contributed by atoms with Gasteiger partial charge >= 0.3 is 0 Å². The second kappa shape index (κ2) is 4.01. The molecule has 1 aromatic heterocycles. The van der Waals surface area contributed by atoms with Gasteiger partial charge in [0, 0.05) is 16.3 Å². The third kappa shape index (κ3) is 1.94. The minimum Gasteiger partial charge on any atom is -0.356 e. The van der Waals surface area contributed by atoms with Gasteiger partial charge in [-0.2, -0.15) is 0 Å². The highest BCUT2D eigenvalue weighted by molar-refractivity contribution is 5.64. The molecular formula is C15H17N. The molecule has 0 aliphatic carbocycles. The van der Waals surface area contributed by atoms with Crippen LogP contribution < -0.4 is 10.7 Å². The fourth-order valence-electron chi connectivity index (χ4n) is 1.86. The summed E-state index contributed by atoms with van der Waals surface area (Å²) >= 11 is 0. The highest BCUT2D eigenvalue weighted by atomic mass is 14.7. The third-order valence-electron chi connectivity index (χ3n) is 2.84. The van der Waals surface area contributed by atoms with E-state index in [2.05, 4.69) is 56.3 Å². The maximum Gasteiger partial charge on any atom is 0.0391 e. The molecule has 0 aliphatic rings. The first-order chi connectivity index (χ1) is 7.58. The second-order valence-corrected chi connectivity index (χ2v) is 4.46. The Morgan fingerprint density at radius 3 is 2.12 bits per heavy atom. The zero-order chi connectivity index (χ0) is 11.7. The van der Waals surface area contributed by atoms with Gasteiger partial charge in [-0.15, -0.1) is 0 Å². The molecule has 0 amide bonds. The largest absolute Gasteiger partial charge is 0.356 e. The molecule has 0 aliphatic heterocycles. The molecule has 0 unspecified atom stereocenters. The van der Waals surface area contributed by atoms with Gasteiger partial charge in [0.1, 0.15) is 0 Å². The third-order valence-corrected chi connectivity index (χ3v) is 2.84. The molecule has 1 heterocycles. The first-order valence-corrected chi connectivity index (χ1v) is 5.55. The standard InChI is InChI=1S/C15H17N/c1-10(2)13-5-7-14(8-6-13)15-9-11(3)16-12(15)4/h5-10,16H,3-4H2,1-2H3. The van der Waals surface area contributed by atoms with Gasteiger partial charge in [-0.25, -0.2) is 0 Å². The van der Waals surface area contributed by atoms with Crippen molar-refractivity contribution in [1.82, 2.24) is 4.98 Å². The number of H-pyrrole nitrogens is 1. The lowest BCUT2D eigenvalue weighted by atomic mass is 10.00. The molecule has 0 spiro atoms. The van der Waals surface area contributed by atoms with Crippen LogP contribution in [0.15, 0.2) is 30.3 Å². The van der Waals surface area contributed by atoms with E-state index >= 15 is 0 Å². The fourth-order valence-corrected chi connectivity index (χ4v) is 1.86. The number of nitrogens with one attached hydrogen (secondary N) is 1. The zero-order valence-electron chi connectivity index (χ0n) is 9.88. The van der Waals surface area contributed by atoms with Crippen molar-refractivity contribution in [3.05, 3.63) is 46.6 Å². The van der Waals surface area contributed by atoms with Gasteiger partial charge in [0.25, 0.3) is 0 Å². The minimum absolute atomic E-state index is 0.572. The summed E-state index contributed by atoms with van der Waals surface area (Å²) in [5, 5.41) is 1.84. The molecule has 16 heavy (non-hydrogen) atoms. The topological polar surface area (TPSA) is 15.8 Å². The summed E-state index contributed by atoms with van der Waals surface area (Å²) in [7, 11) is 0. The van der Waals surface area contributed by atoms with Crippen molar-refractivity contribution < 1.29 is 0 Å². The predicted octanol–water partition coefficient (Wildman–Crippen LogP) is 2.63. The van der Waals surface area contributed by atoms with Crippen molar-refractivity contribution in [3.8, 4) is 11.1 Å². The summed E-state index contributed by atoms with van der Waals surface area (Å²) in [5.41, 5.74) is 3.70. The molecule has 2 rings (SSSR count). The average molecular weight is 211 g/mol. The van der Waals surface area contributed by atoms with Gasteiger partial charge in [0.2, 0.25) is 0 Å². The quantitative estimate of drug-likeness (QED) is 0.786. The van der Waals surface area contributed by atoms with E-state index in [0.717, 1.165) is 16.3 Å². The molecular weight excluding hydrogens is 194 g/mol. The highest BCUT2D eigenvalue weighted by Gasteiger charge is 2.02. The van der Waals surface area contributed by atoms with Crippen LogP contribution in [0.25, 0.3) is 24.3 Å². The van der Waals surface area contributed by atoms with Crippen LogP contribution in [0.5, 0.6) is 0 Å². The first-order valence-electron chi connectivity index (χ1n) is 5.55. The van der Waals surface area contributed by atoms with Crippen LogP contribution in [0.4, 0.5) is 0 Å². The molecule has 1 nitrogen and oxygen atoms in total. The predicted molar refractivity (Wildman–Crippen MR) is 70.6 cm³/mol. The zero-order valence-corrected chi connectivity index (χ0v) is 9.88. The summed E-state index contributed by atoms with van der Waals surface area (Å²) < 4.78 is 0. The number of rotatable bonds is 2. The monoisotopic (exact) mass is 211 g/mol. The van der Waals surface area contributed by atoms with E-state index < -0.39 is 0 Å². The molecule has 1 heteroatoms. The maximum absolute atomic E-state index is 3.98. The lowest BCUT2D eigenvalue weighted by Gasteiger charge is -2.05. The molecule has 0 saturated heterocycles. The van der Waals surface area contributed by atoms with Crippen molar-refractivity contribution >= 4 is 13.2 Å². The smallest absolute Gasteiger partial charge is 0.0391 e. The molecule has 1 N–H and O–H groups in total. The number of aromatic amines is 1.